The molecule has 0 unspecified atom stereocenters. The Labute approximate surface area is 134 Å². The van der Waals surface area contributed by atoms with Crippen LogP contribution in [-0.4, -0.2) is 23.2 Å². The summed E-state index contributed by atoms with van der Waals surface area (Å²) in [5.74, 6) is -1.33. The van der Waals surface area contributed by atoms with E-state index in [9.17, 15) is 14.3 Å². The van der Waals surface area contributed by atoms with Gasteiger partial charge in [0.25, 0.3) is 0 Å². The molecule has 122 valence electrons. The number of halogens is 1. The Morgan fingerprint density at radius 3 is 2.70 bits per heavy atom. The molecule has 1 aromatic carbocycles. The summed E-state index contributed by atoms with van der Waals surface area (Å²) in [4.78, 5) is 10.8. The van der Waals surface area contributed by atoms with Crippen LogP contribution >= 0.6 is 0 Å². The molecule has 1 saturated heterocycles. The van der Waals surface area contributed by atoms with Crippen LogP contribution in [0.4, 0.5) is 4.39 Å². The number of rotatable bonds is 6. The van der Waals surface area contributed by atoms with Crippen molar-refractivity contribution in [2.24, 2.45) is 0 Å². The van der Waals surface area contributed by atoms with Gasteiger partial charge in [-0.3, -0.25) is 0 Å². The molecule has 0 radical (unpaired) electrons. The van der Waals surface area contributed by atoms with E-state index in [0.29, 0.717) is 13.0 Å². The second-order valence-corrected chi connectivity index (χ2v) is 5.83. The molecule has 0 saturated carbocycles. The highest BCUT2D eigenvalue weighted by atomic mass is 19.1. The van der Waals surface area contributed by atoms with Gasteiger partial charge in [0.15, 0.2) is 0 Å². The van der Waals surface area contributed by atoms with E-state index < -0.39 is 5.97 Å². The van der Waals surface area contributed by atoms with Crippen LogP contribution in [0.3, 0.4) is 0 Å². The summed E-state index contributed by atoms with van der Waals surface area (Å²) in [5, 5.41) is 10.8. The zero-order chi connectivity index (χ0) is 16.2. The molecule has 3 rings (SSSR count). The molecule has 1 atom stereocenters. The van der Waals surface area contributed by atoms with Crippen molar-refractivity contribution in [3.63, 3.8) is 0 Å². The lowest BCUT2D eigenvalue weighted by molar-refractivity contribution is -0.305. The normalized spacial score (nSPS) is 17.5. The molecule has 2 aromatic rings. The van der Waals surface area contributed by atoms with Crippen molar-refractivity contribution in [1.29, 1.82) is 0 Å². The third kappa shape index (κ3) is 3.79. The first kappa shape index (κ1) is 15.7. The zero-order valence-electron chi connectivity index (χ0n) is 12.8. The number of aryl methyl sites for hydroxylation is 1. The van der Waals surface area contributed by atoms with E-state index >= 15 is 0 Å². The predicted molar refractivity (Wildman–Crippen MR) is 82.1 cm³/mol. The molecule has 5 heteroatoms. The summed E-state index contributed by atoms with van der Waals surface area (Å²) in [6, 6.07) is 10.2. The average molecular weight is 316 g/mol. The minimum absolute atomic E-state index is 0.0155. The quantitative estimate of drug-likeness (QED) is 0.820. The minimum atomic E-state index is -1.06. The van der Waals surface area contributed by atoms with E-state index in [2.05, 4.69) is 4.57 Å². The molecule has 2 heterocycles. The first-order valence-electron chi connectivity index (χ1n) is 7.89. The maximum absolute atomic E-state index is 13.1. The monoisotopic (exact) mass is 316 g/mol. The smallest absolute Gasteiger partial charge is 0.123 e. The van der Waals surface area contributed by atoms with Crippen LogP contribution < -0.4 is 5.11 Å². The maximum Gasteiger partial charge on any atom is 0.123 e. The molecule has 0 aliphatic carbocycles. The molecule has 0 bridgehead atoms. The number of carbonyl (C=O) groups excluding carboxylic acids is 1. The number of carboxylic acids is 1. The molecular weight excluding hydrogens is 297 g/mol. The van der Waals surface area contributed by atoms with Crippen molar-refractivity contribution in [3.8, 4) is 11.3 Å². The van der Waals surface area contributed by atoms with Crippen LogP contribution in [0, 0.1) is 5.82 Å². The lowest BCUT2D eigenvalue weighted by Crippen LogP contribution is -2.23. The Morgan fingerprint density at radius 2 is 2.04 bits per heavy atom. The van der Waals surface area contributed by atoms with E-state index in [4.69, 9.17) is 4.74 Å². The van der Waals surface area contributed by atoms with Gasteiger partial charge < -0.3 is 19.2 Å². The number of aromatic nitrogens is 1. The van der Waals surface area contributed by atoms with E-state index in [0.717, 1.165) is 36.4 Å². The third-order valence-corrected chi connectivity index (χ3v) is 4.21. The number of aliphatic carboxylic acids is 1. The summed E-state index contributed by atoms with van der Waals surface area (Å²) in [6.45, 7) is 1.45. The lowest BCUT2D eigenvalue weighted by Gasteiger charge is -2.18. The molecule has 4 nitrogen and oxygen atoms in total. The van der Waals surface area contributed by atoms with E-state index in [1.165, 1.54) is 12.1 Å². The number of hydrogen-bond donors (Lipinski definition) is 0. The first-order valence-corrected chi connectivity index (χ1v) is 7.89. The van der Waals surface area contributed by atoms with Gasteiger partial charge >= 0.3 is 0 Å². The number of ether oxygens (including phenoxy) is 1. The van der Waals surface area contributed by atoms with Crippen molar-refractivity contribution in [2.45, 2.75) is 38.3 Å². The van der Waals surface area contributed by atoms with Gasteiger partial charge in [0.05, 0.1) is 6.10 Å². The fourth-order valence-corrected chi connectivity index (χ4v) is 3.04. The molecule has 0 spiro atoms. The fourth-order valence-electron chi connectivity index (χ4n) is 3.04. The highest BCUT2D eigenvalue weighted by Crippen LogP contribution is 2.26. The van der Waals surface area contributed by atoms with Crippen LogP contribution in [-0.2, 0) is 22.5 Å². The van der Waals surface area contributed by atoms with E-state index in [1.807, 2.05) is 12.1 Å². The van der Waals surface area contributed by atoms with Gasteiger partial charge in [0, 0.05) is 30.5 Å². The Bertz CT molecular complexity index is 672. The van der Waals surface area contributed by atoms with Crippen LogP contribution in [0.5, 0.6) is 0 Å². The van der Waals surface area contributed by atoms with E-state index in [-0.39, 0.29) is 18.3 Å². The molecule has 23 heavy (non-hydrogen) atoms. The highest BCUT2D eigenvalue weighted by Gasteiger charge is 2.19. The number of nitrogens with zero attached hydrogens (tertiary/aromatic N) is 1. The van der Waals surface area contributed by atoms with Gasteiger partial charge in [-0.2, -0.15) is 0 Å². The Hall–Kier alpha value is -2.14. The topological polar surface area (TPSA) is 54.3 Å². The summed E-state index contributed by atoms with van der Waals surface area (Å²) < 4.78 is 20.9. The van der Waals surface area contributed by atoms with Gasteiger partial charge in [0.2, 0.25) is 0 Å². The molecule has 1 aliphatic heterocycles. The molecule has 0 amide bonds. The molecular formula is C18H19FNO3-. The first-order chi connectivity index (χ1) is 11.1. The summed E-state index contributed by atoms with van der Waals surface area (Å²) in [6.07, 6.45) is 2.59. The second-order valence-electron chi connectivity index (χ2n) is 5.83. The van der Waals surface area contributed by atoms with Crippen LogP contribution in [0.1, 0.15) is 25.0 Å². The maximum atomic E-state index is 13.1. The molecule has 0 N–H and O–H groups in total. The molecule has 1 fully saturated rings. The minimum Gasteiger partial charge on any atom is -0.550 e. The third-order valence-electron chi connectivity index (χ3n) is 4.21. The van der Waals surface area contributed by atoms with Crippen LogP contribution in [0.2, 0.25) is 0 Å². The standard InChI is InChI=1S/C18H20FNO3/c19-14-5-3-13(4-6-14)17-9-7-15(8-10-18(21)22)20(17)12-16-2-1-11-23-16/h3-7,9,16H,1-2,8,10-12H2,(H,21,22)/p-1/t16-/m0/s1. The Kier molecular flexibility index (Phi) is 4.76. The lowest BCUT2D eigenvalue weighted by atomic mass is 10.1. The number of hydrogen-bond acceptors (Lipinski definition) is 3. The van der Waals surface area contributed by atoms with Crippen molar-refractivity contribution in [2.75, 3.05) is 6.61 Å². The largest absolute Gasteiger partial charge is 0.550 e. The van der Waals surface area contributed by atoms with Crippen LogP contribution in [0.25, 0.3) is 11.3 Å². The van der Waals surface area contributed by atoms with Gasteiger partial charge in [-0.05, 0) is 67.6 Å². The van der Waals surface area contributed by atoms with E-state index in [1.54, 1.807) is 12.1 Å². The summed E-state index contributed by atoms with van der Waals surface area (Å²) in [7, 11) is 0. The number of carboxylic acid groups (broad SMARTS) is 1. The van der Waals surface area contributed by atoms with Gasteiger partial charge in [-0.25, -0.2) is 4.39 Å². The zero-order valence-corrected chi connectivity index (χ0v) is 12.8. The Balaban J connectivity index is 1.90. The van der Waals surface area contributed by atoms with Crippen molar-refractivity contribution in [1.82, 2.24) is 4.57 Å². The van der Waals surface area contributed by atoms with Crippen molar-refractivity contribution >= 4 is 5.97 Å². The fraction of sp³-hybridized carbons (Fsp3) is 0.389. The van der Waals surface area contributed by atoms with Crippen LogP contribution in [0.15, 0.2) is 36.4 Å². The summed E-state index contributed by atoms with van der Waals surface area (Å²) in [5.41, 5.74) is 2.79. The van der Waals surface area contributed by atoms with Crippen molar-refractivity contribution in [3.05, 3.63) is 47.9 Å². The van der Waals surface area contributed by atoms with Gasteiger partial charge in [-0.15, -0.1) is 0 Å². The second kappa shape index (κ2) is 6.96. The SMILES string of the molecule is O=C([O-])CCc1ccc(-c2ccc(F)cc2)n1C[C@@H]1CCCO1. The summed E-state index contributed by atoms with van der Waals surface area (Å²) >= 11 is 0. The molecule has 1 aliphatic rings. The Morgan fingerprint density at radius 1 is 1.26 bits per heavy atom. The molecule has 1 aromatic heterocycles. The van der Waals surface area contributed by atoms with Crippen molar-refractivity contribution < 1.29 is 19.0 Å². The van der Waals surface area contributed by atoms with Gasteiger partial charge in [0.1, 0.15) is 5.82 Å². The number of carbonyl (C=O) groups is 1. The highest BCUT2D eigenvalue weighted by molar-refractivity contribution is 5.65. The predicted octanol–water partition coefficient (Wildman–Crippen LogP) is 2.16. The number of benzene rings is 1. The average Bonchev–Trinajstić information content (AvgIpc) is 3.17. The van der Waals surface area contributed by atoms with Gasteiger partial charge in [-0.1, -0.05) is 0 Å².